The molecule has 0 amide bonds. The normalized spacial score (nSPS) is 26.6. The topological polar surface area (TPSA) is 26.3 Å². The van der Waals surface area contributed by atoms with Crippen molar-refractivity contribution in [2.24, 2.45) is 11.8 Å². The largest absolute Gasteiger partial charge is 0.466 e. The predicted molar refractivity (Wildman–Crippen MR) is 60.7 cm³/mol. The number of allylic oxidation sites excluding steroid dienone is 1. The van der Waals surface area contributed by atoms with E-state index in [4.69, 9.17) is 4.74 Å². The van der Waals surface area contributed by atoms with Crippen LogP contribution in [0.4, 0.5) is 0 Å². The van der Waals surface area contributed by atoms with E-state index >= 15 is 0 Å². The van der Waals surface area contributed by atoms with Gasteiger partial charge in [-0.1, -0.05) is 31.4 Å². The van der Waals surface area contributed by atoms with Gasteiger partial charge in [-0.15, -0.1) is 0 Å². The van der Waals surface area contributed by atoms with Gasteiger partial charge in [0.05, 0.1) is 20.6 Å². The average molecular weight is 212 g/mol. The quantitative estimate of drug-likeness (QED) is 0.529. The lowest BCUT2D eigenvalue weighted by molar-refractivity contribution is -0.144. The molecule has 1 aliphatic rings. The van der Waals surface area contributed by atoms with Crippen LogP contribution in [0.15, 0.2) is 11.8 Å². The van der Waals surface area contributed by atoms with E-state index in [1.54, 1.807) is 0 Å². The van der Waals surface area contributed by atoms with Crippen molar-refractivity contribution >= 4 is 14.0 Å². The zero-order valence-corrected chi connectivity index (χ0v) is 10.5. The van der Waals surface area contributed by atoms with E-state index in [2.05, 4.69) is 31.4 Å². The summed E-state index contributed by atoms with van der Waals surface area (Å²) >= 11 is 0. The molecule has 0 aromatic rings. The smallest absolute Gasteiger partial charge is 0.309 e. The summed E-state index contributed by atoms with van der Waals surface area (Å²) in [5, 5.41) is 0. The van der Waals surface area contributed by atoms with Crippen molar-refractivity contribution in [3.63, 3.8) is 0 Å². The van der Waals surface area contributed by atoms with E-state index < -0.39 is 8.07 Å². The summed E-state index contributed by atoms with van der Waals surface area (Å²) in [7, 11) is -1.10. The van der Waals surface area contributed by atoms with Crippen molar-refractivity contribution in [3.8, 4) is 0 Å². The number of carbonyl (C=O) groups excluding carboxylic acids is 1. The van der Waals surface area contributed by atoms with Gasteiger partial charge in [-0.05, 0) is 19.3 Å². The molecule has 0 aliphatic heterocycles. The second kappa shape index (κ2) is 4.30. The standard InChI is InChI=1S/C11H20O2Si/c1-5-13-11(12)10-8-9(10)6-7-14(2,3)4/h6-7,9-10H,5,8H2,1-4H3/b7-6+. The molecule has 2 unspecified atom stereocenters. The Hall–Kier alpha value is -0.573. The van der Waals surface area contributed by atoms with Crippen LogP contribution in [-0.2, 0) is 9.53 Å². The summed E-state index contributed by atoms with van der Waals surface area (Å²) in [4.78, 5) is 11.3. The van der Waals surface area contributed by atoms with E-state index in [-0.39, 0.29) is 11.9 Å². The summed E-state index contributed by atoms with van der Waals surface area (Å²) in [5.41, 5.74) is 2.32. The third-order valence-corrected chi connectivity index (χ3v) is 3.47. The Morgan fingerprint density at radius 1 is 1.50 bits per heavy atom. The van der Waals surface area contributed by atoms with Gasteiger partial charge in [0.1, 0.15) is 0 Å². The first kappa shape index (κ1) is 11.5. The Bertz CT molecular complexity index is 240. The lowest BCUT2D eigenvalue weighted by Crippen LogP contribution is -2.15. The molecular weight excluding hydrogens is 192 g/mol. The van der Waals surface area contributed by atoms with Crippen LogP contribution in [-0.4, -0.2) is 20.7 Å². The fraction of sp³-hybridized carbons (Fsp3) is 0.727. The molecule has 2 nitrogen and oxygen atoms in total. The Balaban J connectivity index is 2.33. The van der Waals surface area contributed by atoms with E-state index in [9.17, 15) is 4.79 Å². The molecule has 0 aromatic heterocycles. The predicted octanol–water partition coefficient (Wildman–Crippen LogP) is 2.62. The van der Waals surface area contributed by atoms with Gasteiger partial charge in [0.2, 0.25) is 0 Å². The van der Waals surface area contributed by atoms with Gasteiger partial charge in [-0.25, -0.2) is 0 Å². The summed E-state index contributed by atoms with van der Waals surface area (Å²) < 4.78 is 4.97. The fourth-order valence-corrected chi connectivity index (χ4v) is 2.18. The molecule has 3 heteroatoms. The van der Waals surface area contributed by atoms with Gasteiger partial charge in [0.25, 0.3) is 0 Å². The minimum Gasteiger partial charge on any atom is -0.466 e. The zero-order valence-electron chi connectivity index (χ0n) is 9.54. The lowest BCUT2D eigenvalue weighted by atomic mass is 10.3. The van der Waals surface area contributed by atoms with E-state index in [1.165, 1.54) is 0 Å². The molecule has 0 radical (unpaired) electrons. The van der Waals surface area contributed by atoms with Gasteiger partial charge in [0, 0.05) is 0 Å². The Morgan fingerprint density at radius 3 is 2.64 bits per heavy atom. The highest BCUT2D eigenvalue weighted by Crippen LogP contribution is 2.40. The number of hydrogen-bond donors (Lipinski definition) is 0. The molecule has 0 heterocycles. The zero-order chi connectivity index (χ0) is 10.8. The Labute approximate surface area is 87.3 Å². The molecule has 1 aliphatic carbocycles. The molecule has 14 heavy (non-hydrogen) atoms. The molecule has 1 rings (SSSR count). The number of hydrogen-bond acceptors (Lipinski definition) is 2. The van der Waals surface area contributed by atoms with Gasteiger partial charge in [-0.2, -0.15) is 0 Å². The van der Waals surface area contributed by atoms with Crippen LogP contribution < -0.4 is 0 Å². The Morgan fingerprint density at radius 2 is 2.14 bits per heavy atom. The maximum Gasteiger partial charge on any atom is 0.309 e. The first-order valence-corrected chi connectivity index (χ1v) is 8.88. The van der Waals surface area contributed by atoms with Crippen molar-refractivity contribution in [1.29, 1.82) is 0 Å². The molecule has 80 valence electrons. The number of ether oxygens (including phenoxy) is 1. The third-order valence-electron chi connectivity index (χ3n) is 2.27. The molecule has 1 saturated carbocycles. The maximum absolute atomic E-state index is 11.3. The van der Waals surface area contributed by atoms with Crippen LogP contribution in [0, 0.1) is 11.8 Å². The Kier molecular flexibility index (Phi) is 3.53. The minimum absolute atomic E-state index is 0.0160. The first-order chi connectivity index (χ1) is 6.44. The summed E-state index contributed by atoms with van der Waals surface area (Å²) in [6.07, 6.45) is 3.20. The average Bonchev–Trinajstić information content (AvgIpc) is 2.78. The lowest BCUT2D eigenvalue weighted by Gasteiger charge is -2.07. The highest BCUT2D eigenvalue weighted by atomic mass is 28.3. The molecular formula is C11H20O2Si. The molecule has 1 fully saturated rings. The van der Waals surface area contributed by atoms with Crippen LogP contribution in [0.2, 0.25) is 19.6 Å². The molecule has 2 atom stereocenters. The van der Waals surface area contributed by atoms with Crippen molar-refractivity contribution < 1.29 is 9.53 Å². The van der Waals surface area contributed by atoms with Crippen molar-refractivity contribution in [2.75, 3.05) is 6.61 Å². The van der Waals surface area contributed by atoms with Crippen molar-refractivity contribution in [3.05, 3.63) is 11.8 Å². The van der Waals surface area contributed by atoms with E-state index in [0.29, 0.717) is 12.5 Å². The molecule has 0 saturated heterocycles. The number of esters is 1. The van der Waals surface area contributed by atoms with Crippen LogP contribution in [0.3, 0.4) is 0 Å². The monoisotopic (exact) mass is 212 g/mol. The highest BCUT2D eigenvalue weighted by molar-refractivity contribution is 6.80. The van der Waals surface area contributed by atoms with Gasteiger partial charge in [0.15, 0.2) is 0 Å². The van der Waals surface area contributed by atoms with Crippen LogP contribution in [0.25, 0.3) is 0 Å². The maximum atomic E-state index is 11.3. The van der Waals surface area contributed by atoms with Gasteiger partial charge >= 0.3 is 5.97 Å². The van der Waals surface area contributed by atoms with Gasteiger partial charge < -0.3 is 4.74 Å². The summed E-state index contributed by atoms with van der Waals surface area (Å²) in [5.74, 6) is 0.598. The van der Waals surface area contributed by atoms with Gasteiger partial charge in [-0.3, -0.25) is 4.79 Å². The van der Waals surface area contributed by atoms with Crippen molar-refractivity contribution in [1.82, 2.24) is 0 Å². The van der Waals surface area contributed by atoms with Crippen molar-refractivity contribution in [2.45, 2.75) is 33.0 Å². The molecule has 0 aromatic carbocycles. The SMILES string of the molecule is CCOC(=O)C1CC1/C=C/[Si](C)(C)C. The molecule has 0 spiro atoms. The van der Waals surface area contributed by atoms with Crippen LogP contribution >= 0.6 is 0 Å². The number of carbonyl (C=O) groups is 1. The minimum atomic E-state index is -1.10. The molecule has 0 bridgehead atoms. The van der Waals surface area contributed by atoms with Crippen LogP contribution in [0.1, 0.15) is 13.3 Å². The molecule has 0 N–H and O–H groups in total. The van der Waals surface area contributed by atoms with E-state index in [0.717, 1.165) is 6.42 Å². The summed E-state index contributed by atoms with van der Waals surface area (Å²) in [6, 6.07) is 0. The first-order valence-electron chi connectivity index (χ1n) is 5.30. The van der Waals surface area contributed by atoms with Crippen LogP contribution in [0.5, 0.6) is 0 Å². The third kappa shape index (κ3) is 3.66. The highest BCUT2D eigenvalue weighted by Gasteiger charge is 2.42. The van der Waals surface area contributed by atoms with E-state index in [1.807, 2.05) is 6.92 Å². The fourth-order valence-electron chi connectivity index (χ4n) is 1.36. The second-order valence-electron chi connectivity index (χ2n) is 4.98. The second-order valence-corrected chi connectivity index (χ2v) is 10.0. The number of rotatable bonds is 4. The summed E-state index contributed by atoms with van der Waals surface area (Å²) in [6.45, 7) is 9.24.